The molecule has 1 aromatic carbocycles. The summed E-state index contributed by atoms with van der Waals surface area (Å²) in [5.74, 6) is -0.397. The van der Waals surface area contributed by atoms with Crippen molar-refractivity contribution < 1.29 is 13.2 Å². The molecule has 1 aromatic rings. The lowest BCUT2D eigenvalue weighted by atomic mass is 10.4. The molecule has 5 nitrogen and oxygen atoms in total. The van der Waals surface area contributed by atoms with Crippen molar-refractivity contribution in [1.82, 2.24) is 10.2 Å². The lowest BCUT2D eigenvalue weighted by Crippen LogP contribution is -2.32. The van der Waals surface area contributed by atoms with E-state index in [4.69, 9.17) is 0 Å². The van der Waals surface area contributed by atoms with Crippen LogP contribution >= 0.6 is 0 Å². The highest BCUT2D eigenvalue weighted by molar-refractivity contribution is 7.91. The Bertz CT molecular complexity index is 498. The number of rotatable bonds is 7. The van der Waals surface area contributed by atoms with Crippen LogP contribution in [-0.2, 0) is 14.6 Å². The van der Waals surface area contributed by atoms with Crippen molar-refractivity contribution >= 4 is 15.7 Å². The van der Waals surface area contributed by atoms with E-state index in [9.17, 15) is 13.2 Å². The van der Waals surface area contributed by atoms with Crippen LogP contribution in [0.25, 0.3) is 0 Å². The van der Waals surface area contributed by atoms with Crippen molar-refractivity contribution in [2.45, 2.75) is 11.3 Å². The molecule has 0 saturated carbocycles. The zero-order valence-electron chi connectivity index (χ0n) is 11.3. The summed E-state index contributed by atoms with van der Waals surface area (Å²) in [7, 11) is 0.450. The van der Waals surface area contributed by atoms with E-state index in [0.717, 1.165) is 6.54 Å². The zero-order chi connectivity index (χ0) is 14.3. The minimum absolute atomic E-state index is 0.00927. The molecule has 1 N–H and O–H groups in total. The molecule has 0 radical (unpaired) electrons. The summed E-state index contributed by atoms with van der Waals surface area (Å²) in [6.45, 7) is 1.26. The Morgan fingerprint density at radius 1 is 1.21 bits per heavy atom. The van der Waals surface area contributed by atoms with Crippen molar-refractivity contribution in [3.05, 3.63) is 30.3 Å². The Balaban J connectivity index is 2.42. The number of carbonyl (C=O) groups excluding carboxylic acids is 1. The molecule has 0 unspecified atom stereocenters. The Labute approximate surface area is 114 Å². The smallest absolute Gasteiger partial charge is 0.221 e. The van der Waals surface area contributed by atoms with Crippen molar-refractivity contribution in [1.29, 1.82) is 0 Å². The second-order valence-corrected chi connectivity index (χ2v) is 6.64. The molecule has 0 fully saturated rings. The maximum atomic E-state index is 11.9. The Morgan fingerprint density at radius 3 is 2.42 bits per heavy atom. The second kappa shape index (κ2) is 7.25. The zero-order valence-corrected chi connectivity index (χ0v) is 12.1. The molecule has 0 aliphatic heterocycles. The van der Waals surface area contributed by atoms with Crippen LogP contribution in [0.1, 0.15) is 6.42 Å². The SMILES string of the molecule is CN(C)CCNC(=O)CCS(=O)(=O)c1ccccc1. The molecular formula is C13H20N2O3S. The van der Waals surface area contributed by atoms with Gasteiger partial charge < -0.3 is 10.2 Å². The minimum Gasteiger partial charge on any atom is -0.355 e. The molecule has 0 atom stereocenters. The van der Waals surface area contributed by atoms with Crippen molar-refractivity contribution in [3.63, 3.8) is 0 Å². The maximum Gasteiger partial charge on any atom is 0.221 e. The number of benzene rings is 1. The number of hydrogen-bond donors (Lipinski definition) is 1. The molecule has 19 heavy (non-hydrogen) atoms. The molecule has 0 aromatic heterocycles. The molecule has 0 aliphatic carbocycles. The van der Waals surface area contributed by atoms with Crippen LogP contribution in [0.5, 0.6) is 0 Å². The molecule has 1 amide bonds. The number of amides is 1. The summed E-state index contributed by atoms with van der Waals surface area (Å²) in [5, 5.41) is 2.69. The van der Waals surface area contributed by atoms with Crippen LogP contribution in [0.2, 0.25) is 0 Å². The number of nitrogens with one attached hydrogen (secondary N) is 1. The van der Waals surface area contributed by atoms with Crippen LogP contribution in [-0.4, -0.2) is 52.2 Å². The largest absolute Gasteiger partial charge is 0.355 e. The van der Waals surface area contributed by atoms with E-state index in [1.807, 2.05) is 19.0 Å². The van der Waals surface area contributed by atoms with Gasteiger partial charge in [0.2, 0.25) is 5.91 Å². The minimum atomic E-state index is -3.37. The average Bonchev–Trinajstić information content (AvgIpc) is 2.37. The summed E-state index contributed by atoms with van der Waals surface area (Å²) in [5.41, 5.74) is 0. The Hall–Kier alpha value is -1.40. The lowest BCUT2D eigenvalue weighted by molar-refractivity contribution is -0.120. The third kappa shape index (κ3) is 5.85. The first-order valence-electron chi connectivity index (χ1n) is 6.11. The number of carbonyl (C=O) groups is 1. The van der Waals surface area contributed by atoms with Gasteiger partial charge in [-0.1, -0.05) is 18.2 Å². The van der Waals surface area contributed by atoms with Crippen molar-refractivity contribution in [2.75, 3.05) is 32.9 Å². The van der Waals surface area contributed by atoms with E-state index in [1.165, 1.54) is 0 Å². The summed E-state index contributed by atoms with van der Waals surface area (Å²) in [4.78, 5) is 13.7. The van der Waals surface area contributed by atoms with E-state index < -0.39 is 9.84 Å². The van der Waals surface area contributed by atoms with E-state index in [0.29, 0.717) is 6.54 Å². The van der Waals surface area contributed by atoms with Crippen LogP contribution in [0.15, 0.2) is 35.2 Å². The van der Waals surface area contributed by atoms with E-state index >= 15 is 0 Å². The number of likely N-dealkylation sites (N-methyl/N-ethyl adjacent to an activating group) is 1. The van der Waals surface area contributed by atoms with Crippen LogP contribution in [0.3, 0.4) is 0 Å². The van der Waals surface area contributed by atoms with Crippen LogP contribution in [0, 0.1) is 0 Å². The number of sulfone groups is 1. The number of hydrogen-bond acceptors (Lipinski definition) is 4. The molecule has 0 bridgehead atoms. The van der Waals surface area contributed by atoms with Gasteiger partial charge in [0, 0.05) is 19.5 Å². The number of nitrogens with zero attached hydrogens (tertiary/aromatic N) is 1. The Morgan fingerprint density at radius 2 is 1.84 bits per heavy atom. The summed E-state index contributed by atoms with van der Waals surface area (Å²) in [6.07, 6.45) is -0.00927. The summed E-state index contributed by atoms with van der Waals surface area (Å²) >= 11 is 0. The van der Waals surface area contributed by atoms with Gasteiger partial charge in [-0.2, -0.15) is 0 Å². The highest BCUT2D eigenvalue weighted by Gasteiger charge is 2.15. The molecule has 0 saturated heterocycles. The molecule has 6 heteroatoms. The van der Waals surface area contributed by atoms with E-state index in [2.05, 4.69) is 5.32 Å². The normalized spacial score (nSPS) is 11.5. The lowest BCUT2D eigenvalue weighted by Gasteiger charge is -2.10. The van der Waals surface area contributed by atoms with Gasteiger partial charge in [-0.15, -0.1) is 0 Å². The fourth-order valence-corrected chi connectivity index (χ4v) is 2.74. The van der Waals surface area contributed by atoms with Crippen molar-refractivity contribution in [2.24, 2.45) is 0 Å². The monoisotopic (exact) mass is 284 g/mol. The standard InChI is InChI=1S/C13H20N2O3S/c1-15(2)10-9-14-13(16)8-11-19(17,18)12-6-4-3-5-7-12/h3-7H,8-11H2,1-2H3,(H,14,16). The van der Waals surface area contributed by atoms with Gasteiger partial charge in [0.1, 0.15) is 0 Å². The summed E-state index contributed by atoms with van der Waals surface area (Å²) in [6, 6.07) is 8.18. The summed E-state index contributed by atoms with van der Waals surface area (Å²) < 4.78 is 23.9. The van der Waals surface area contributed by atoms with Crippen LogP contribution < -0.4 is 5.32 Å². The van der Waals surface area contributed by atoms with Crippen molar-refractivity contribution in [3.8, 4) is 0 Å². The van der Waals surface area contributed by atoms with Gasteiger partial charge in [-0.05, 0) is 26.2 Å². The fourth-order valence-electron chi connectivity index (χ4n) is 1.48. The predicted molar refractivity (Wildman–Crippen MR) is 74.7 cm³/mol. The predicted octanol–water partition coefficient (Wildman–Crippen LogP) is 0.528. The first-order chi connectivity index (χ1) is 8.92. The molecule has 0 aliphatic rings. The first kappa shape index (κ1) is 15.7. The van der Waals surface area contributed by atoms with Gasteiger partial charge in [-0.3, -0.25) is 4.79 Å². The topological polar surface area (TPSA) is 66.5 Å². The second-order valence-electron chi connectivity index (χ2n) is 4.54. The van der Waals surface area contributed by atoms with Gasteiger partial charge >= 0.3 is 0 Å². The highest BCUT2D eigenvalue weighted by atomic mass is 32.2. The Kier molecular flexibility index (Phi) is 5.98. The average molecular weight is 284 g/mol. The van der Waals surface area contributed by atoms with Gasteiger partial charge in [0.25, 0.3) is 0 Å². The van der Waals surface area contributed by atoms with Gasteiger partial charge in [0.05, 0.1) is 10.6 Å². The van der Waals surface area contributed by atoms with Gasteiger partial charge in [-0.25, -0.2) is 8.42 Å². The van der Waals surface area contributed by atoms with E-state index in [-0.39, 0.29) is 23.0 Å². The molecule has 106 valence electrons. The molecule has 0 spiro atoms. The molecular weight excluding hydrogens is 264 g/mol. The quantitative estimate of drug-likeness (QED) is 0.793. The van der Waals surface area contributed by atoms with E-state index in [1.54, 1.807) is 30.3 Å². The highest BCUT2D eigenvalue weighted by Crippen LogP contribution is 2.10. The molecule has 0 heterocycles. The van der Waals surface area contributed by atoms with Crippen LogP contribution in [0.4, 0.5) is 0 Å². The maximum absolute atomic E-state index is 11.9. The first-order valence-corrected chi connectivity index (χ1v) is 7.76. The third-order valence-corrected chi connectivity index (χ3v) is 4.31. The molecule has 1 rings (SSSR count). The third-order valence-electron chi connectivity index (χ3n) is 2.58. The fraction of sp³-hybridized carbons (Fsp3) is 0.462. The van der Waals surface area contributed by atoms with Gasteiger partial charge in [0.15, 0.2) is 9.84 Å².